The second-order valence-corrected chi connectivity index (χ2v) is 61.0. The number of carbonyl (C=O) groups is 4. The maximum Gasteiger partial charge on any atom is 0.342 e. The van der Waals surface area contributed by atoms with Crippen molar-refractivity contribution in [1.29, 1.82) is 0 Å². The fraction of sp³-hybridized carbons (Fsp3) is 0.509. The third-order valence-corrected chi connectivity index (χ3v) is 51.1. The van der Waals surface area contributed by atoms with E-state index in [-0.39, 0.29) is 45.0 Å². The van der Waals surface area contributed by atoms with Crippen LogP contribution in [-0.2, 0) is 18.9 Å². The topological polar surface area (TPSA) is 105 Å². The van der Waals surface area contributed by atoms with E-state index in [1.807, 2.05) is 16.7 Å². The minimum Gasteiger partial charge on any atom is -0.462 e. The van der Waals surface area contributed by atoms with Crippen LogP contribution in [0.5, 0.6) is 0 Å². The summed E-state index contributed by atoms with van der Waals surface area (Å²) in [6.07, 6.45) is 8.56. The summed E-state index contributed by atoms with van der Waals surface area (Å²) in [5.41, 5.74) is 1.67. The van der Waals surface area contributed by atoms with Crippen molar-refractivity contribution in [2.45, 2.75) is 159 Å². The first-order valence-electron chi connectivity index (χ1n) is 27.3. The Bertz CT molecular complexity index is 2950. The molecule has 0 aliphatic rings. The fourth-order valence-corrected chi connectivity index (χ4v) is 43.7. The van der Waals surface area contributed by atoms with Crippen LogP contribution in [-0.4, -0.2) is 92.9 Å². The molecular weight excluding hydrogens is 1310 g/mol. The largest absolute Gasteiger partial charge is 0.462 e. The number of fused-ring (bicyclic) bond motifs is 2. The van der Waals surface area contributed by atoms with E-state index in [1.165, 1.54) is 70.2 Å². The Morgan fingerprint density at radius 2 is 0.705 bits per heavy atom. The number of esters is 4. The quantitative estimate of drug-likeness (QED) is 0.0354. The van der Waals surface area contributed by atoms with Gasteiger partial charge in [0, 0.05) is 9.75 Å². The van der Waals surface area contributed by atoms with Crippen molar-refractivity contribution in [3.8, 4) is 19.5 Å². The van der Waals surface area contributed by atoms with Crippen LogP contribution >= 0.6 is 103 Å². The van der Waals surface area contributed by atoms with Gasteiger partial charge in [0.05, 0.1) is 82.3 Å². The normalized spacial score (nSPS) is 12.1. The van der Waals surface area contributed by atoms with Gasteiger partial charge in [-0.1, -0.05) is 74.6 Å². The van der Waals surface area contributed by atoms with Crippen LogP contribution in [0.2, 0.25) is 80.9 Å². The summed E-state index contributed by atoms with van der Waals surface area (Å²) in [5.74, 6) is -1.70. The number of ether oxygens (including phenoxy) is 4. The van der Waals surface area contributed by atoms with Gasteiger partial charge in [0.25, 0.3) is 0 Å². The second-order valence-electron chi connectivity index (χ2n) is 22.1. The number of unbranched alkanes of at least 4 members (excludes halogenated alkanes) is 3. The molecule has 0 fully saturated rings. The molecule has 7 heterocycles. The van der Waals surface area contributed by atoms with Crippen molar-refractivity contribution in [2.75, 3.05) is 26.4 Å². The van der Waals surface area contributed by atoms with E-state index < -0.39 is 54.5 Å². The summed E-state index contributed by atoms with van der Waals surface area (Å²) in [6, 6.07) is 13.7. The summed E-state index contributed by atoms with van der Waals surface area (Å²) >= 11 is 21.0. The summed E-state index contributed by atoms with van der Waals surface area (Å²) < 4.78 is 35.5. The molecule has 0 bridgehead atoms. The van der Waals surface area contributed by atoms with Gasteiger partial charge in [-0.3, -0.25) is 0 Å². The van der Waals surface area contributed by atoms with E-state index in [0.29, 0.717) is 33.7 Å². The number of halogens is 2. The minimum absolute atomic E-state index is 0.246. The van der Waals surface area contributed by atoms with Crippen LogP contribution in [0.15, 0.2) is 36.4 Å². The average Bonchev–Trinajstić information content (AvgIpc) is 4.23. The molecule has 0 atom stereocenters. The first kappa shape index (κ1) is 67.1. The van der Waals surface area contributed by atoms with Crippen LogP contribution in [0.4, 0.5) is 0 Å². The molecule has 0 aliphatic heterocycles. The Balaban J connectivity index is 0.000000230. The molecule has 7 rings (SSSR count). The van der Waals surface area contributed by atoms with E-state index in [9.17, 15) is 19.2 Å². The smallest absolute Gasteiger partial charge is 0.342 e. The maximum atomic E-state index is 13.3. The molecule has 8 nitrogen and oxygen atoms in total. The number of hydrogen-bond donors (Lipinski definition) is 0. The molecule has 21 heteroatoms. The van der Waals surface area contributed by atoms with E-state index >= 15 is 0 Å². The van der Waals surface area contributed by atoms with Crippen molar-refractivity contribution in [3.63, 3.8) is 0 Å². The zero-order chi connectivity index (χ0) is 57.9. The molecule has 78 heavy (non-hydrogen) atoms. The van der Waals surface area contributed by atoms with Gasteiger partial charge in [0.1, 0.15) is 19.8 Å². The zero-order valence-electron chi connectivity index (χ0n) is 48.5. The molecular formula is C57H80Cl2O8S7Si3Sn. The molecule has 0 saturated heterocycles. The van der Waals surface area contributed by atoms with Gasteiger partial charge in [0.15, 0.2) is 0 Å². The first-order valence-corrected chi connectivity index (χ1v) is 51.7. The van der Waals surface area contributed by atoms with Gasteiger partial charge in [-0.25, -0.2) is 19.2 Å². The Morgan fingerprint density at radius 3 is 0.987 bits per heavy atom. The fourth-order valence-electron chi connectivity index (χ4n) is 8.73. The summed E-state index contributed by atoms with van der Waals surface area (Å²) in [7, 11) is -4.12. The number of rotatable bonds is 23. The van der Waals surface area contributed by atoms with Gasteiger partial charge >= 0.3 is 173 Å². The second kappa shape index (κ2) is 29.7. The molecule has 7 aromatic rings. The van der Waals surface area contributed by atoms with Gasteiger partial charge in [0.2, 0.25) is 0 Å². The predicted molar refractivity (Wildman–Crippen MR) is 358 cm³/mol. The van der Waals surface area contributed by atoms with Crippen LogP contribution in [0.1, 0.15) is 128 Å². The van der Waals surface area contributed by atoms with Crippen molar-refractivity contribution in [1.82, 2.24) is 0 Å². The van der Waals surface area contributed by atoms with Gasteiger partial charge in [-0.15, -0.1) is 68.0 Å². The molecule has 428 valence electrons. The minimum atomic E-state index is -2.14. The van der Waals surface area contributed by atoms with Crippen LogP contribution < -0.4 is 16.4 Å². The van der Waals surface area contributed by atoms with E-state index in [1.54, 1.807) is 54.3 Å². The SMILES string of the molecule is CCC[CH2][Sn]([CH2]CCC)([CH2]CCC)[c]1ccc([Si](C)(C)C)s1.CCOC(=O)c1c(-c2ccc([Si](C)(C)C)s2)sc2c(C(=O)OCC)c(-c3ccc([Si](C)(C)C)s3)sc12.CCOC(=O)c1c(Cl)sc2c(C(=O)OCC)c(Cl)sc12. The van der Waals surface area contributed by atoms with E-state index in [0.717, 1.165) is 51.6 Å². The molecule has 0 N–H and O–H groups in total. The van der Waals surface area contributed by atoms with Gasteiger partial charge in [-0.05, 0) is 48.8 Å². The van der Waals surface area contributed by atoms with Crippen molar-refractivity contribution >= 4 is 204 Å². The zero-order valence-corrected chi connectivity index (χ0v) is 61.6. The first-order chi connectivity index (χ1) is 36.8. The van der Waals surface area contributed by atoms with E-state index in [2.05, 4.69) is 127 Å². The third-order valence-electron chi connectivity index (χ3n) is 12.9. The van der Waals surface area contributed by atoms with Crippen molar-refractivity contribution < 1.29 is 38.1 Å². The Labute approximate surface area is 509 Å². The van der Waals surface area contributed by atoms with Crippen LogP contribution in [0.3, 0.4) is 0 Å². The summed E-state index contributed by atoms with van der Waals surface area (Å²) in [4.78, 5) is 54.3. The molecule has 0 amide bonds. The number of carbonyl (C=O) groups excluding carboxylic acids is 4. The van der Waals surface area contributed by atoms with Crippen LogP contribution in [0.25, 0.3) is 38.3 Å². The molecule has 0 aliphatic carbocycles. The molecule has 0 unspecified atom stereocenters. The van der Waals surface area contributed by atoms with Crippen molar-refractivity contribution in [3.05, 3.63) is 67.3 Å². The predicted octanol–water partition coefficient (Wildman–Crippen LogP) is 18.8. The van der Waals surface area contributed by atoms with Crippen LogP contribution in [0, 0.1) is 0 Å². The molecule has 7 aromatic heterocycles. The van der Waals surface area contributed by atoms with Gasteiger partial charge < -0.3 is 18.9 Å². The molecule has 0 aromatic carbocycles. The van der Waals surface area contributed by atoms with Crippen molar-refractivity contribution in [2.24, 2.45) is 0 Å². The Morgan fingerprint density at radius 1 is 0.410 bits per heavy atom. The Hall–Kier alpha value is -1.67. The maximum absolute atomic E-state index is 13.3. The standard InChI is InChI=1S/C26H32O4S4Si2.C12H10Cl2O4S2.C7H11SSi.3C4H9.Sn/c1-9-29-25(27)19-21(15-11-13-17(31-15)35(3,4)5)33-24-20(26(28)30-10-2)22(34-23(19)24)16-12-14-18(32-16)36(6,7)8;1-3-17-11(15)5-7-8(20-9(5)13)6(10(14)19-7)12(16)18-4-2;1-9(2,3)7-5-4-6-8-7;3*1-3-4-2;/h11-14H,9-10H2,1-8H3;3-4H2,1-2H3;4-5H,1-3H3;3*1,3-4H2,2H3;. The Kier molecular flexibility index (Phi) is 25.6. The van der Waals surface area contributed by atoms with E-state index in [4.69, 9.17) is 42.1 Å². The molecule has 0 saturated carbocycles. The monoisotopic (exact) mass is 1390 g/mol. The van der Waals surface area contributed by atoms with Gasteiger partial charge in [-0.2, -0.15) is 0 Å². The molecule has 0 radical (unpaired) electrons. The number of thiophene rings is 7. The summed E-state index contributed by atoms with van der Waals surface area (Å²) in [6.45, 7) is 36.7. The molecule has 0 spiro atoms. The third kappa shape index (κ3) is 16.4. The summed E-state index contributed by atoms with van der Waals surface area (Å²) in [5, 5.41) is 0. The number of hydrogen-bond acceptors (Lipinski definition) is 15. The average molecular weight is 1390 g/mol.